The summed E-state index contributed by atoms with van der Waals surface area (Å²) in [5.74, 6) is 1.34. The number of rotatable bonds is 6. The molecule has 2 aromatic rings. The van der Waals surface area contributed by atoms with Crippen molar-refractivity contribution in [2.45, 2.75) is 26.8 Å². The van der Waals surface area contributed by atoms with Crippen LogP contribution in [0.4, 0.5) is 5.69 Å². The molecule has 0 radical (unpaired) electrons. The van der Waals surface area contributed by atoms with Gasteiger partial charge < -0.3 is 19.3 Å². The fourth-order valence-corrected chi connectivity index (χ4v) is 3.29. The zero-order valence-electron chi connectivity index (χ0n) is 16.4. The maximum Gasteiger partial charge on any atom is 0.254 e. The minimum absolute atomic E-state index is 0.0168. The van der Waals surface area contributed by atoms with Crippen molar-refractivity contribution in [1.82, 2.24) is 4.90 Å². The Morgan fingerprint density at radius 2 is 1.85 bits per heavy atom. The molecule has 0 aromatic heterocycles. The molecule has 0 saturated heterocycles. The van der Waals surface area contributed by atoms with Crippen molar-refractivity contribution in [2.75, 3.05) is 38.3 Å². The molecule has 0 bridgehead atoms. The molecule has 0 atom stereocenters. The number of fused-ring (bicyclic) bond motifs is 1. The summed E-state index contributed by atoms with van der Waals surface area (Å²) in [5, 5.41) is 0. The smallest absolute Gasteiger partial charge is 0.254 e. The standard InChI is InChI=1S/C22H28N2O3/c1-4-14-27-20-11-10-17(15-21(20)26-5-2)22(25)24-13-12-23(3)19-9-7-6-8-18(19)16-24/h6-11,15H,4-5,12-14,16H2,1-3H3. The number of nitrogens with zero attached hydrogens (tertiary/aromatic N) is 2. The molecule has 0 fully saturated rings. The van der Waals surface area contributed by atoms with E-state index in [4.69, 9.17) is 9.47 Å². The van der Waals surface area contributed by atoms with Crippen LogP contribution in [-0.2, 0) is 6.54 Å². The highest BCUT2D eigenvalue weighted by Gasteiger charge is 2.23. The van der Waals surface area contributed by atoms with Crippen molar-refractivity contribution in [2.24, 2.45) is 0 Å². The molecule has 1 heterocycles. The monoisotopic (exact) mass is 368 g/mol. The van der Waals surface area contributed by atoms with Crippen LogP contribution in [0.15, 0.2) is 42.5 Å². The highest BCUT2D eigenvalue weighted by atomic mass is 16.5. The van der Waals surface area contributed by atoms with Gasteiger partial charge in [0.15, 0.2) is 11.5 Å². The van der Waals surface area contributed by atoms with Crippen LogP contribution < -0.4 is 14.4 Å². The van der Waals surface area contributed by atoms with Gasteiger partial charge in [0, 0.05) is 37.9 Å². The van der Waals surface area contributed by atoms with Crippen molar-refractivity contribution in [1.29, 1.82) is 0 Å². The third-order valence-corrected chi connectivity index (χ3v) is 4.71. The number of likely N-dealkylation sites (N-methyl/N-ethyl adjacent to an activating group) is 1. The first-order valence-electron chi connectivity index (χ1n) is 9.62. The van der Waals surface area contributed by atoms with E-state index < -0.39 is 0 Å². The summed E-state index contributed by atoms with van der Waals surface area (Å²) in [4.78, 5) is 17.3. The largest absolute Gasteiger partial charge is 0.490 e. The van der Waals surface area contributed by atoms with Crippen LogP contribution in [0.1, 0.15) is 36.2 Å². The second kappa shape index (κ2) is 8.80. The number of para-hydroxylation sites is 1. The lowest BCUT2D eigenvalue weighted by atomic mass is 10.1. The second-order valence-electron chi connectivity index (χ2n) is 6.72. The van der Waals surface area contributed by atoms with Crippen molar-refractivity contribution in [3.8, 4) is 11.5 Å². The molecule has 0 N–H and O–H groups in total. The summed E-state index contributed by atoms with van der Waals surface area (Å²) < 4.78 is 11.4. The Morgan fingerprint density at radius 3 is 2.63 bits per heavy atom. The first-order valence-corrected chi connectivity index (χ1v) is 9.62. The van der Waals surface area contributed by atoms with Crippen LogP contribution in [0.5, 0.6) is 11.5 Å². The molecule has 1 aliphatic rings. The first-order chi connectivity index (χ1) is 13.1. The third kappa shape index (κ3) is 4.35. The fourth-order valence-electron chi connectivity index (χ4n) is 3.29. The summed E-state index contributed by atoms with van der Waals surface area (Å²) in [5.41, 5.74) is 2.98. The van der Waals surface area contributed by atoms with Gasteiger partial charge in [-0.05, 0) is 43.2 Å². The van der Waals surface area contributed by atoms with Gasteiger partial charge in [-0.3, -0.25) is 4.79 Å². The zero-order valence-corrected chi connectivity index (χ0v) is 16.4. The molecule has 144 valence electrons. The van der Waals surface area contributed by atoms with Crippen LogP contribution in [0.3, 0.4) is 0 Å². The fraction of sp³-hybridized carbons (Fsp3) is 0.409. The predicted molar refractivity (Wildman–Crippen MR) is 108 cm³/mol. The van der Waals surface area contributed by atoms with E-state index in [0.717, 1.165) is 13.0 Å². The van der Waals surface area contributed by atoms with Gasteiger partial charge in [-0.25, -0.2) is 0 Å². The van der Waals surface area contributed by atoms with Crippen molar-refractivity contribution in [3.05, 3.63) is 53.6 Å². The van der Waals surface area contributed by atoms with E-state index in [2.05, 4.69) is 31.0 Å². The summed E-state index contributed by atoms with van der Waals surface area (Å²) in [6, 6.07) is 13.7. The summed E-state index contributed by atoms with van der Waals surface area (Å²) >= 11 is 0. The van der Waals surface area contributed by atoms with Crippen molar-refractivity contribution < 1.29 is 14.3 Å². The highest BCUT2D eigenvalue weighted by molar-refractivity contribution is 5.95. The lowest BCUT2D eigenvalue weighted by molar-refractivity contribution is 0.0751. The number of hydrogen-bond donors (Lipinski definition) is 0. The lowest BCUT2D eigenvalue weighted by Crippen LogP contribution is -2.34. The van der Waals surface area contributed by atoms with Gasteiger partial charge >= 0.3 is 0 Å². The molecular weight excluding hydrogens is 340 g/mol. The number of carbonyl (C=O) groups excluding carboxylic acids is 1. The van der Waals surface area contributed by atoms with Gasteiger partial charge in [0.2, 0.25) is 0 Å². The normalized spacial score (nSPS) is 13.7. The second-order valence-corrected chi connectivity index (χ2v) is 6.72. The summed E-state index contributed by atoms with van der Waals surface area (Å²) in [7, 11) is 2.07. The molecule has 1 aliphatic heterocycles. The molecule has 5 nitrogen and oxygen atoms in total. The van der Waals surface area contributed by atoms with E-state index >= 15 is 0 Å². The van der Waals surface area contributed by atoms with Crippen LogP contribution in [-0.4, -0.2) is 44.2 Å². The Labute approximate surface area is 161 Å². The molecule has 0 unspecified atom stereocenters. The Hall–Kier alpha value is -2.69. The van der Waals surface area contributed by atoms with Crippen LogP contribution >= 0.6 is 0 Å². The molecular formula is C22H28N2O3. The van der Waals surface area contributed by atoms with Gasteiger partial charge in [0.05, 0.1) is 13.2 Å². The molecule has 0 aliphatic carbocycles. The van der Waals surface area contributed by atoms with Crippen molar-refractivity contribution >= 4 is 11.6 Å². The van der Waals surface area contributed by atoms with E-state index in [0.29, 0.717) is 43.4 Å². The Balaban J connectivity index is 1.84. The van der Waals surface area contributed by atoms with Crippen LogP contribution in [0.25, 0.3) is 0 Å². The Morgan fingerprint density at radius 1 is 1.04 bits per heavy atom. The SMILES string of the molecule is CCCOc1ccc(C(=O)N2CCN(C)c3ccccc3C2)cc1OCC. The zero-order chi connectivity index (χ0) is 19.2. The Bertz CT molecular complexity index is 791. The molecule has 3 rings (SSSR count). The van der Waals surface area contributed by atoms with Gasteiger partial charge in [-0.15, -0.1) is 0 Å². The molecule has 0 saturated carbocycles. The van der Waals surface area contributed by atoms with E-state index in [-0.39, 0.29) is 5.91 Å². The minimum Gasteiger partial charge on any atom is -0.490 e. The quantitative estimate of drug-likeness (QED) is 0.774. The number of anilines is 1. The average Bonchev–Trinajstić information content (AvgIpc) is 2.86. The predicted octanol–water partition coefficient (Wildman–Crippen LogP) is 3.97. The van der Waals surface area contributed by atoms with Gasteiger partial charge in [0.1, 0.15) is 0 Å². The summed E-state index contributed by atoms with van der Waals surface area (Å²) in [6.07, 6.45) is 0.924. The minimum atomic E-state index is 0.0168. The van der Waals surface area contributed by atoms with E-state index in [1.165, 1.54) is 11.3 Å². The molecule has 0 spiro atoms. The number of benzene rings is 2. The summed E-state index contributed by atoms with van der Waals surface area (Å²) in [6.45, 7) is 7.25. The van der Waals surface area contributed by atoms with E-state index in [9.17, 15) is 4.79 Å². The van der Waals surface area contributed by atoms with Crippen molar-refractivity contribution in [3.63, 3.8) is 0 Å². The van der Waals surface area contributed by atoms with Gasteiger partial charge in [0.25, 0.3) is 5.91 Å². The molecule has 5 heteroatoms. The van der Waals surface area contributed by atoms with Crippen LogP contribution in [0, 0.1) is 0 Å². The van der Waals surface area contributed by atoms with Gasteiger partial charge in [-0.1, -0.05) is 25.1 Å². The lowest BCUT2D eigenvalue weighted by Gasteiger charge is -2.22. The third-order valence-electron chi connectivity index (χ3n) is 4.71. The maximum atomic E-state index is 13.2. The van der Waals surface area contributed by atoms with Gasteiger partial charge in [-0.2, -0.15) is 0 Å². The number of hydrogen-bond acceptors (Lipinski definition) is 4. The Kier molecular flexibility index (Phi) is 6.22. The highest BCUT2D eigenvalue weighted by Crippen LogP contribution is 2.30. The molecule has 2 aromatic carbocycles. The number of ether oxygens (including phenoxy) is 2. The molecule has 27 heavy (non-hydrogen) atoms. The first kappa shape index (κ1) is 19.1. The topological polar surface area (TPSA) is 42.0 Å². The van der Waals surface area contributed by atoms with E-state index in [1.807, 2.05) is 36.1 Å². The maximum absolute atomic E-state index is 13.2. The van der Waals surface area contributed by atoms with E-state index in [1.54, 1.807) is 6.07 Å². The average molecular weight is 368 g/mol. The molecule has 1 amide bonds. The number of carbonyl (C=O) groups is 1. The van der Waals surface area contributed by atoms with Crippen LogP contribution in [0.2, 0.25) is 0 Å². The number of amides is 1.